The first kappa shape index (κ1) is 22.7. The molecule has 33 heavy (non-hydrogen) atoms. The van der Waals surface area contributed by atoms with Crippen molar-refractivity contribution in [3.8, 4) is 5.75 Å². The highest BCUT2D eigenvalue weighted by atomic mass is 32.2. The summed E-state index contributed by atoms with van der Waals surface area (Å²) in [6.45, 7) is 5.08. The van der Waals surface area contributed by atoms with Crippen molar-refractivity contribution in [3.63, 3.8) is 0 Å². The maximum Gasteiger partial charge on any atom is 0.356 e. The topological polar surface area (TPSA) is 111 Å². The molecule has 0 aliphatic carbocycles. The van der Waals surface area contributed by atoms with Crippen LogP contribution in [0.5, 0.6) is 5.75 Å². The number of ether oxygens (including phenoxy) is 2. The third kappa shape index (κ3) is 4.83. The number of hydrogen-bond donors (Lipinski definition) is 2. The van der Waals surface area contributed by atoms with Gasteiger partial charge in [0.2, 0.25) is 0 Å². The predicted octanol–water partition coefficient (Wildman–Crippen LogP) is 2.76. The van der Waals surface area contributed by atoms with Crippen LogP contribution in [0, 0.1) is 0 Å². The lowest BCUT2D eigenvalue weighted by Gasteiger charge is -2.42. The molecule has 172 valence electrons. The summed E-state index contributed by atoms with van der Waals surface area (Å²) in [7, 11) is 0. The quantitative estimate of drug-likeness (QED) is 0.382. The SMILES string of the molecule is CC(C)(C)OC(=O)C1=C(c2ccc(N)cc2)S[C@@H]2[C@H](NC(=O)COc3ccccc3)C(=O)N12. The Hall–Kier alpha value is -3.46. The van der Waals surface area contributed by atoms with Crippen LogP contribution in [0.1, 0.15) is 26.3 Å². The van der Waals surface area contributed by atoms with E-state index in [0.29, 0.717) is 16.3 Å². The largest absolute Gasteiger partial charge is 0.484 e. The number of esters is 1. The van der Waals surface area contributed by atoms with Crippen LogP contribution >= 0.6 is 11.8 Å². The number of nitrogens with zero attached hydrogens (tertiary/aromatic N) is 1. The fourth-order valence-corrected chi connectivity index (χ4v) is 4.92. The summed E-state index contributed by atoms with van der Waals surface area (Å²) in [5.41, 5.74) is 6.59. The molecule has 1 saturated heterocycles. The summed E-state index contributed by atoms with van der Waals surface area (Å²) in [5, 5.41) is 2.27. The molecular formula is C24H25N3O5S. The molecule has 2 aliphatic rings. The minimum absolute atomic E-state index is 0.181. The number of thioether (sulfide) groups is 1. The first-order valence-corrected chi connectivity index (χ1v) is 11.3. The number of β-lactam (4-membered cyclic amide) rings is 1. The molecule has 4 rings (SSSR count). The Balaban J connectivity index is 1.51. The third-order valence-corrected chi connectivity index (χ3v) is 6.32. The Morgan fingerprint density at radius 2 is 1.76 bits per heavy atom. The van der Waals surface area contributed by atoms with Gasteiger partial charge >= 0.3 is 5.97 Å². The predicted molar refractivity (Wildman–Crippen MR) is 126 cm³/mol. The van der Waals surface area contributed by atoms with Gasteiger partial charge < -0.3 is 20.5 Å². The van der Waals surface area contributed by atoms with Gasteiger partial charge in [-0.15, -0.1) is 0 Å². The number of rotatable bonds is 6. The summed E-state index contributed by atoms with van der Waals surface area (Å²) in [6, 6.07) is 15.2. The van der Waals surface area contributed by atoms with E-state index >= 15 is 0 Å². The van der Waals surface area contributed by atoms with E-state index in [1.54, 1.807) is 69.3 Å². The second kappa shape index (κ2) is 8.82. The van der Waals surface area contributed by atoms with Gasteiger partial charge in [-0.25, -0.2) is 4.79 Å². The minimum atomic E-state index is -0.773. The van der Waals surface area contributed by atoms with Crippen molar-refractivity contribution in [2.45, 2.75) is 37.8 Å². The molecule has 0 unspecified atom stereocenters. The zero-order valence-electron chi connectivity index (χ0n) is 18.5. The van der Waals surface area contributed by atoms with E-state index in [1.807, 2.05) is 6.07 Å². The fraction of sp³-hybridized carbons (Fsp3) is 0.292. The number of nitrogens with two attached hydrogens (primary N) is 1. The van der Waals surface area contributed by atoms with Crippen LogP contribution in [0.3, 0.4) is 0 Å². The molecular weight excluding hydrogens is 442 g/mol. The number of nitrogens with one attached hydrogen (secondary N) is 1. The van der Waals surface area contributed by atoms with Gasteiger partial charge in [-0.1, -0.05) is 42.1 Å². The molecule has 2 aromatic carbocycles. The number of para-hydroxylation sites is 1. The van der Waals surface area contributed by atoms with Gasteiger partial charge in [0.1, 0.15) is 28.5 Å². The molecule has 2 aromatic rings. The molecule has 0 spiro atoms. The van der Waals surface area contributed by atoms with Crippen LogP contribution in [0.2, 0.25) is 0 Å². The van der Waals surface area contributed by atoms with Crippen molar-refractivity contribution in [2.75, 3.05) is 12.3 Å². The van der Waals surface area contributed by atoms with Gasteiger partial charge in [0, 0.05) is 10.6 Å². The normalized spacial score (nSPS) is 19.6. The van der Waals surface area contributed by atoms with Gasteiger partial charge in [0.05, 0.1) is 0 Å². The van der Waals surface area contributed by atoms with Gasteiger partial charge in [0.15, 0.2) is 6.61 Å². The second-order valence-corrected chi connectivity index (χ2v) is 9.79. The Morgan fingerprint density at radius 1 is 1.09 bits per heavy atom. The van der Waals surface area contributed by atoms with Crippen molar-refractivity contribution in [3.05, 3.63) is 65.9 Å². The molecule has 0 bridgehead atoms. The summed E-state index contributed by atoms with van der Waals surface area (Å²) >= 11 is 1.34. The Labute approximate surface area is 196 Å². The maximum atomic E-state index is 13.0. The highest BCUT2D eigenvalue weighted by Crippen LogP contribution is 2.51. The average molecular weight is 468 g/mol. The minimum Gasteiger partial charge on any atom is -0.484 e. The van der Waals surface area contributed by atoms with Crippen molar-refractivity contribution in [2.24, 2.45) is 0 Å². The monoisotopic (exact) mass is 467 g/mol. The molecule has 2 amide bonds. The lowest BCUT2D eigenvalue weighted by molar-refractivity contribution is -0.158. The lowest BCUT2D eigenvalue weighted by atomic mass is 10.0. The molecule has 2 aliphatic heterocycles. The standard InChI is InChI=1S/C24H25N3O5S/c1-24(2,3)32-23(30)19-20(14-9-11-15(25)12-10-14)33-22-18(21(29)27(19)22)26-17(28)13-31-16-7-5-4-6-8-16/h4-12,18,22H,13,25H2,1-3H3,(H,26,28)/t18-,22-/m1/s1. The van der Waals surface area contributed by atoms with Crippen LogP contribution in [-0.4, -0.2) is 46.3 Å². The molecule has 1 fully saturated rings. The zero-order chi connectivity index (χ0) is 23.8. The molecule has 9 heteroatoms. The number of amides is 2. The lowest BCUT2D eigenvalue weighted by Crippen LogP contribution is -2.68. The number of nitrogen functional groups attached to an aromatic ring is 1. The summed E-state index contributed by atoms with van der Waals surface area (Å²) in [4.78, 5) is 40.4. The molecule has 8 nitrogen and oxygen atoms in total. The highest BCUT2D eigenvalue weighted by molar-refractivity contribution is 8.09. The van der Waals surface area contributed by atoms with Crippen LogP contribution in [0.25, 0.3) is 4.91 Å². The molecule has 0 aromatic heterocycles. The van der Waals surface area contributed by atoms with Crippen molar-refractivity contribution in [1.29, 1.82) is 0 Å². The van der Waals surface area contributed by atoms with Crippen molar-refractivity contribution < 1.29 is 23.9 Å². The van der Waals surface area contributed by atoms with Gasteiger partial charge in [-0.3, -0.25) is 14.5 Å². The Kier molecular flexibility index (Phi) is 6.07. The average Bonchev–Trinajstić information content (AvgIpc) is 3.12. The second-order valence-electron chi connectivity index (χ2n) is 8.67. The Morgan fingerprint density at radius 3 is 2.39 bits per heavy atom. The zero-order valence-corrected chi connectivity index (χ0v) is 19.3. The number of hydrogen-bond acceptors (Lipinski definition) is 7. The van der Waals surface area contributed by atoms with E-state index in [4.69, 9.17) is 15.2 Å². The van der Waals surface area contributed by atoms with Crippen LogP contribution in [0.15, 0.2) is 60.3 Å². The maximum absolute atomic E-state index is 13.0. The first-order valence-electron chi connectivity index (χ1n) is 10.4. The third-order valence-electron chi connectivity index (χ3n) is 4.93. The van der Waals surface area contributed by atoms with E-state index in [9.17, 15) is 14.4 Å². The number of benzene rings is 2. The smallest absolute Gasteiger partial charge is 0.356 e. The first-order chi connectivity index (χ1) is 15.6. The van der Waals surface area contributed by atoms with Crippen molar-refractivity contribution >= 4 is 40.1 Å². The van der Waals surface area contributed by atoms with Crippen LogP contribution in [0.4, 0.5) is 5.69 Å². The number of fused-ring (bicyclic) bond motifs is 1. The fourth-order valence-electron chi connectivity index (χ4n) is 3.48. The number of anilines is 1. The molecule has 0 saturated carbocycles. The van der Waals surface area contributed by atoms with E-state index in [0.717, 1.165) is 5.56 Å². The van der Waals surface area contributed by atoms with Crippen LogP contribution in [-0.2, 0) is 19.1 Å². The summed E-state index contributed by atoms with van der Waals surface area (Å²) < 4.78 is 11.0. The molecule has 2 atom stereocenters. The number of carbonyl (C=O) groups excluding carboxylic acids is 3. The molecule has 2 heterocycles. The highest BCUT2D eigenvalue weighted by Gasteiger charge is 2.57. The summed E-state index contributed by atoms with van der Waals surface area (Å²) in [6.07, 6.45) is 0. The summed E-state index contributed by atoms with van der Waals surface area (Å²) in [5.74, 6) is -0.817. The van der Waals surface area contributed by atoms with Gasteiger partial charge in [-0.2, -0.15) is 0 Å². The van der Waals surface area contributed by atoms with Crippen LogP contribution < -0.4 is 15.8 Å². The van der Waals surface area contributed by atoms with Crippen molar-refractivity contribution in [1.82, 2.24) is 10.2 Å². The van der Waals surface area contributed by atoms with E-state index in [1.165, 1.54) is 16.7 Å². The van der Waals surface area contributed by atoms with E-state index < -0.39 is 28.9 Å². The van der Waals surface area contributed by atoms with E-state index in [2.05, 4.69) is 5.32 Å². The molecule has 0 radical (unpaired) electrons. The Bertz CT molecular complexity index is 1110. The molecule has 3 N–H and O–H groups in total. The van der Waals surface area contributed by atoms with Gasteiger partial charge in [-0.05, 0) is 50.6 Å². The number of carbonyl (C=O) groups is 3. The van der Waals surface area contributed by atoms with Gasteiger partial charge in [0.25, 0.3) is 11.8 Å². The van der Waals surface area contributed by atoms with E-state index in [-0.39, 0.29) is 18.2 Å².